The largest absolute Gasteiger partial charge is 0.313 e. The fraction of sp³-hybridized carbons (Fsp3) is 1.00. The molecule has 1 N–H and O–H groups in total. The molecule has 0 bridgehead atoms. The van der Waals surface area contributed by atoms with Crippen molar-refractivity contribution in [2.75, 3.05) is 13.8 Å². The molecule has 0 saturated carbocycles. The lowest BCUT2D eigenvalue weighted by Gasteiger charge is -2.25. The smallest absolute Gasteiger partial charge is 0.220 e. The topological polar surface area (TPSA) is 30.5 Å². The minimum atomic E-state index is -0.134. The normalized spacial score (nSPS) is 23.5. The molecule has 0 aliphatic carbocycles. The van der Waals surface area contributed by atoms with E-state index in [4.69, 9.17) is 9.47 Å². The van der Waals surface area contributed by atoms with Crippen LogP contribution in [0, 0.1) is 0 Å². The molecular weight excluding hydrogens is 82.0 g/mol. The SMILES string of the molecule is CNC1OCO1. The van der Waals surface area contributed by atoms with Crippen LogP contribution in [0.4, 0.5) is 0 Å². The lowest BCUT2D eigenvalue weighted by atomic mass is 10.9. The fourth-order valence-corrected chi connectivity index (χ4v) is 0.303. The van der Waals surface area contributed by atoms with Crippen molar-refractivity contribution in [2.24, 2.45) is 0 Å². The monoisotopic (exact) mass is 89.0 g/mol. The van der Waals surface area contributed by atoms with E-state index in [0.29, 0.717) is 6.79 Å². The standard InChI is InChI=1S/C3H7NO2/c1-4-3-5-2-6-3/h3-4H,2H2,1H3. The third-order valence-corrected chi connectivity index (χ3v) is 0.675. The van der Waals surface area contributed by atoms with Crippen molar-refractivity contribution in [3.8, 4) is 0 Å². The maximum atomic E-state index is 4.75. The Morgan fingerprint density at radius 3 is 2.33 bits per heavy atom. The van der Waals surface area contributed by atoms with Crippen molar-refractivity contribution in [3.63, 3.8) is 0 Å². The highest BCUT2D eigenvalue weighted by atomic mass is 16.9. The molecule has 6 heavy (non-hydrogen) atoms. The van der Waals surface area contributed by atoms with Gasteiger partial charge in [-0.3, -0.25) is 5.32 Å². The van der Waals surface area contributed by atoms with Gasteiger partial charge < -0.3 is 9.47 Å². The second-order valence-corrected chi connectivity index (χ2v) is 1.07. The maximum absolute atomic E-state index is 4.75. The highest BCUT2D eigenvalue weighted by molar-refractivity contribution is 4.36. The van der Waals surface area contributed by atoms with Crippen LogP contribution >= 0.6 is 0 Å². The third-order valence-electron chi connectivity index (χ3n) is 0.675. The van der Waals surface area contributed by atoms with Crippen LogP contribution in [-0.2, 0) is 9.47 Å². The van der Waals surface area contributed by atoms with Gasteiger partial charge >= 0.3 is 0 Å². The van der Waals surface area contributed by atoms with Gasteiger partial charge in [-0.1, -0.05) is 0 Å². The minimum absolute atomic E-state index is 0.134. The predicted molar refractivity (Wildman–Crippen MR) is 19.9 cm³/mol. The first kappa shape index (κ1) is 4.05. The summed E-state index contributed by atoms with van der Waals surface area (Å²) in [5.41, 5.74) is 0. The molecule has 1 aliphatic rings. The van der Waals surface area contributed by atoms with E-state index in [1.807, 2.05) is 0 Å². The molecule has 0 spiro atoms. The Balaban J connectivity index is 2.01. The highest BCUT2D eigenvalue weighted by Crippen LogP contribution is 1.99. The van der Waals surface area contributed by atoms with Gasteiger partial charge in [-0.15, -0.1) is 0 Å². The van der Waals surface area contributed by atoms with Crippen molar-refractivity contribution in [3.05, 3.63) is 0 Å². The lowest BCUT2D eigenvalue weighted by molar-refractivity contribution is -0.330. The average Bonchev–Trinajstić information content (AvgIpc) is 1.31. The van der Waals surface area contributed by atoms with Crippen LogP contribution in [0.25, 0.3) is 0 Å². The Hall–Kier alpha value is -0.120. The summed E-state index contributed by atoms with van der Waals surface area (Å²) in [6, 6.07) is 0. The number of nitrogens with one attached hydrogen (secondary N) is 1. The van der Waals surface area contributed by atoms with Gasteiger partial charge in [0.05, 0.1) is 0 Å². The molecule has 0 aromatic rings. The zero-order valence-electron chi connectivity index (χ0n) is 3.60. The summed E-state index contributed by atoms with van der Waals surface area (Å²) >= 11 is 0. The zero-order chi connectivity index (χ0) is 4.41. The van der Waals surface area contributed by atoms with E-state index in [1.54, 1.807) is 7.05 Å². The van der Waals surface area contributed by atoms with Gasteiger partial charge in [0, 0.05) is 0 Å². The first-order valence-corrected chi connectivity index (χ1v) is 1.84. The van der Waals surface area contributed by atoms with Crippen molar-refractivity contribution in [2.45, 2.75) is 6.41 Å². The molecular formula is C3H7NO2. The van der Waals surface area contributed by atoms with Crippen LogP contribution in [0.15, 0.2) is 0 Å². The van der Waals surface area contributed by atoms with Gasteiger partial charge in [-0.25, -0.2) is 0 Å². The molecule has 0 amide bonds. The van der Waals surface area contributed by atoms with Crippen molar-refractivity contribution < 1.29 is 9.47 Å². The second-order valence-electron chi connectivity index (χ2n) is 1.07. The van der Waals surface area contributed by atoms with Crippen LogP contribution in [0.2, 0.25) is 0 Å². The molecule has 36 valence electrons. The maximum Gasteiger partial charge on any atom is 0.220 e. The molecule has 3 nitrogen and oxygen atoms in total. The molecule has 0 aromatic heterocycles. The Labute approximate surface area is 36.2 Å². The molecule has 1 aliphatic heterocycles. The lowest BCUT2D eigenvalue weighted by Crippen LogP contribution is -2.41. The van der Waals surface area contributed by atoms with E-state index in [2.05, 4.69) is 5.32 Å². The molecule has 0 radical (unpaired) electrons. The Bertz CT molecular complexity index is 41.3. The Morgan fingerprint density at radius 2 is 2.33 bits per heavy atom. The quantitative estimate of drug-likeness (QED) is 0.469. The van der Waals surface area contributed by atoms with E-state index in [1.165, 1.54) is 0 Å². The molecule has 0 unspecified atom stereocenters. The Kier molecular flexibility index (Phi) is 1.05. The average molecular weight is 89.1 g/mol. The predicted octanol–water partition coefficient (Wildman–Crippen LogP) is -0.506. The number of hydrogen-bond acceptors (Lipinski definition) is 3. The summed E-state index contributed by atoms with van der Waals surface area (Å²) in [6.45, 7) is 0.436. The molecule has 0 atom stereocenters. The van der Waals surface area contributed by atoms with Gasteiger partial charge in [-0.2, -0.15) is 0 Å². The van der Waals surface area contributed by atoms with Crippen LogP contribution < -0.4 is 5.32 Å². The number of ether oxygens (including phenoxy) is 2. The third kappa shape index (κ3) is 0.518. The van der Waals surface area contributed by atoms with Gasteiger partial charge in [0.15, 0.2) is 6.79 Å². The summed E-state index contributed by atoms with van der Waals surface area (Å²) in [7, 11) is 1.78. The van der Waals surface area contributed by atoms with Crippen molar-refractivity contribution in [1.29, 1.82) is 0 Å². The minimum Gasteiger partial charge on any atom is -0.313 e. The molecule has 1 fully saturated rings. The van der Waals surface area contributed by atoms with E-state index in [-0.39, 0.29) is 6.41 Å². The summed E-state index contributed by atoms with van der Waals surface area (Å²) in [4.78, 5) is 0. The van der Waals surface area contributed by atoms with Crippen LogP contribution in [0.5, 0.6) is 0 Å². The molecule has 1 heterocycles. The van der Waals surface area contributed by atoms with Gasteiger partial charge in [0.1, 0.15) is 0 Å². The van der Waals surface area contributed by atoms with E-state index >= 15 is 0 Å². The molecule has 1 saturated heterocycles. The van der Waals surface area contributed by atoms with Crippen LogP contribution in [0.3, 0.4) is 0 Å². The van der Waals surface area contributed by atoms with Crippen LogP contribution in [-0.4, -0.2) is 20.3 Å². The molecule has 0 aromatic carbocycles. The van der Waals surface area contributed by atoms with Gasteiger partial charge in [-0.05, 0) is 7.05 Å². The summed E-state index contributed by atoms with van der Waals surface area (Å²) in [5, 5.41) is 2.76. The molecule has 3 heteroatoms. The summed E-state index contributed by atoms with van der Waals surface area (Å²) < 4.78 is 9.49. The fourth-order valence-electron chi connectivity index (χ4n) is 0.303. The van der Waals surface area contributed by atoms with E-state index < -0.39 is 0 Å². The van der Waals surface area contributed by atoms with Crippen molar-refractivity contribution in [1.82, 2.24) is 5.32 Å². The van der Waals surface area contributed by atoms with Crippen LogP contribution in [0.1, 0.15) is 0 Å². The molecule has 1 rings (SSSR count). The second kappa shape index (κ2) is 1.55. The number of rotatable bonds is 1. The van der Waals surface area contributed by atoms with E-state index in [9.17, 15) is 0 Å². The summed E-state index contributed by atoms with van der Waals surface area (Å²) in [6.07, 6.45) is -0.134. The van der Waals surface area contributed by atoms with Crippen molar-refractivity contribution >= 4 is 0 Å². The van der Waals surface area contributed by atoms with Gasteiger partial charge in [0.2, 0.25) is 6.41 Å². The zero-order valence-corrected chi connectivity index (χ0v) is 3.60. The first-order valence-electron chi connectivity index (χ1n) is 1.84. The number of hydrogen-bond donors (Lipinski definition) is 1. The first-order chi connectivity index (χ1) is 2.93. The Morgan fingerprint density at radius 1 is 1.67 bits per heavy atom. The highest BCUT2D eigenvalue weighted by Gasteiger charge is 2.13. The summed E-state index contributed by atoms with van der Waals surface area (Å²) in [5.74, 6) is 0. The van der Waals surface area contributed by atoms with Gasteiger partial charge in [0.25, 0.3) is 0 Å². The van der Waals surface area contributed by atoms with E-state index in [0.717, 1.165) is 0 Å².